The van der Waals surface area contributed by atoms with E-state index in [1.807, 2.05) is 20.8 Å². The molecule has 2 unspecified atom stereocenters. The second-order valence-electron chi connectivity index (χ2n) is 6.68. The number of hydrogen-bond donors (Lipinski definition) is 1. The van der Waals surface area contributed by atoms with Crippen LogP contribution in [0.1, 0.15) is 47.5 Å². The quantitative estimate of drug-likeness (QED) is 0.771. The normalized spacial score (nSPS) is 29.5. The van der Waals surface area contributed by atoms with Crippen LogP contribution in [0, 0.1) is 5.92 Å². The summed E-state index contributed by atoms with van der Waals surface area (Å²) in [7, 11) is 3.18. The van der Waals surface area contributed by atoms with E-state index in [9.17, 15) is 5.11 Å². The van der Waals surface area contributed by atoms with Crippen LogP contribution < -0.4 is 0 Å². The molecule has 1 rings (SSSR count). The van der Waals surface area contributed by atoms with Gasteiger partial charge in [-0.3, -0.25) is 0 Å². The lowest BCUT2D eigenvalue weighted by molar-refractivity contribution is -0.166. The summed E-state index contributed by atoms with van der Waals surface area (Å²) in [6.07, 6.45) is 0.875. The second kappa shape index (κ2) is 5.08. The van der Waals surface area contributed by atoms with E-state index in [0.29, 0.717) is 6.42 Å². The van der Waals surface area contributed by atoms with E-state index in [1.165, 1.54) is 0 Å². The maximum Gasteiger partial charge on any atom is 0.159 e. The van der Waals surface area contributed by atoms with Crippen molar-refractivity contribution < 1.29 is 19.3 Å². The van der Waals surface area contributed by atoms with Gasteiger partial charge in [-0.05, 0) is 41.0 Å². The molecule has 18 heavy (non-hydrogen) atoms. The Balaban J connectivity index is 2.84. The molecular weight excluding hydrogens is 232 g/mol. The number of ether oxygens (including phenoxy) is 3. The van der Waals surface area contributed by atoms with Crippen molar-refractivity contribution in [3.8, 4) is 0 Å². The predicted octanol–water partition coefficient (Wildman–Crippen LogP) is 2.34. The van der Waals surface area contributed by atoms with Crippen molar-refractivity contribution in [3.63, 3.8) is 0 Å². The third-order valence-corrected chi connectivity index (χ3v) is 3.93. The fraction of sp³-hybridized carbons (Fsp3) is 1.00. The van der Waals surface area contributed by atoms with Gasteiger partial charge in [-0.25, -0.2) is 0 Å². The molecule has 1 fully saturated rings. The second-order valence-corrected chi connectivity index (χ2v) is 6.68. The largest absolute Gasteiger partial charge is 0.390 e. The molecule has 4 nitrogen and oxygen atoms in total. The van der Waals surface area contributed by atoms with Crippen LogP contribution in [0.2, 0.25) is 0 Å². The Morgan fingerprint density at radius 2 is 1.78 bits per heavy atom. The Hall–Kier alpha value is -0.160. The van der Waals surface area contributed by atoms with E-state index in [2.05, 4.69) is 13.8 Å². The highest BCUT2D eigenvalue weighted by molar-refractivity contribution is 5.02. The van der Waals surface area contributed by atoms with Gasteiger partial charge in [-0.15, -0.1) is 0 Å². The van der Waals surface area contributed by atoms with Gasteiger partial charge in [0.15, 0.2) is 6.29 Å². The van der Waals surface area contributed by atoms with Gasteiger partial charge in [0.25, 0.3) is 0 Å². The van der Waals surface area contributed by atoms with Gasteiger partial charge >= 0.3 is 0 Å². The summed E-state index contributed by atoms with van der Waals surface area (Å²) in [6, 6.07) is 0. The van der Waals surface area contributed by atoms with Crippen LogP contribution in [0.5, 0.6) is 0 Å². The molecule has 1 saturated heterocycles. The summed E-state index contributed by atoms with van der Waals surface area (Å²) in [5.41, 5.74) is -1.43. The van der Waals surface area contributed by atoms with E-state index in [4.69, 9.17) is 14.2 Å². The fourth-order valence-electron chi connectivity index (χ4n) is 3.27. The van der Waals surface area contributed by atoms with E-state index in [-0.39, 0.29) is 23.4 Å². The number of aliphatic hydroxyl groups is 1. The van der Waals surface area contributed by atoms with Crippen molar-refractivity contribution in [3.05, 3.63) is 0 Å². The first-order valence-electron chi connectivity index (χ1n) is 6.52. The summed E-state index contributed by atoms with van der Waals surface area (Å²) < 4.78 is 16.4. The minimum Gasteiger partial charge on any atom is -0.390 e. The molecule has 0 radical (unpaired) electrons. The van der Waals surface area contributed by atoms with Crippen molar-refractivity contribution in [1.29, 1.82) is 0 Å². The molecule has 108 valence electrons. The molecule has 0 aromatic rings. The van der Waals surface area contributed by atoms with Crippen molar-refractivity contribution in [2.24, 2.45) is 5.92 Å². The van der Waals surface area contributed by atoms with E-state index in [1.54, 1.807) is 14.2 Å². The summed E-state index contributed by atoms with van der Waals surface area (Å²) in [4.78, 5) is 0. The minimum atomic E-state index is -0.881. The van der Waals surface area contributed by atoms with Crippen LogP contribution >= 0.6 is 0 Å². The highest BCUT2D eigenvalue weighted by atomic mass is 16.7. The van der Waals surface area contributed by atoms with Crippen LogP contribution in [-0.2, 0) is 14.2 Å². The first-order chi connectivity index (χ1) is 8.04. The van der Waals surface area contributed by atoms with E-state index >= 15 is 0 Å². The zero-order chi connectivity index (χ0) is 14.2. The van der Waals surface area contributed by atoms with E-state index < -0.39 is 5.60 Å². The van der Waals surface area contributed by atoms with Crippen molar-refractivity contribution >= 4 is 0 Å². The van der Waals surface area contributed by atoms with Crippen molar-refractivity contribution in [2.45, 2.75) is 70.6 Å². The molecule has 0 aromatic carbocycles. The molecule has 0 saturated carbocycles. The summed E-state index contributed by atoms with van der Waals surface area (Å²) in [5.74, 6) is 0.0489. The maximum atomic E-state index is 10.8. The van der Waals surface area contributed by atoms with Gasteiger partial charge in [0.1, 0.15) is 0 Å². The molecule has 0 aliphatic carbocycles. The van der Waals surface area contributed by atoms with Crippen LogP contribution in [0.25, 0.3) is 0 Å². The Labute approximate surface area is 111 Å². The SMILES string of the molecule is COC(CC(C)(O)C1CC(C)(C)OC1(C)C)OC. The Morgan fingerprint density at radius 1 is 1.28 bits per heavy atom. The molecule has 0 spiro atoms. The third-order valence-electron chi connectivity index (χ3n) is 3.93. The molecule has 1 heterocycles. The van der Waals surface area contributed by atoms with Gasteiger partial charge in [-0.1, -0.05) is 0 Å². The average Bonchev–Trinajstić information content (AvgIpc) is 2.44. The third kappa shape index (κ3) is 3.44. The Kier molecular flexibility index (Phi) is 4.49. The summed E-state index contributed by atoms with van der Waals surface area (Å²) in [5, 5.41) is 10.8. The maximum absolute atomic E-state index is 10.8. The van der Waals surface area contributed by atoms with Gasteiger partial charge < -0.3 is 19.3 Å². The first kappa shape index (κ1) is 15.9. The van der Waals surface area contributed by atoms with Gasteiger partial charge in [0.05, 0.1) is 16.8 Å². The molecule has 0 aromatic heterocycles. The highest BCUT2D eigenvalue weighted by Crippen LogP contribution is 2.48. The molecule has 4 heteroatoms. The van der Waals surface area contributed by atoms with Gasteiger partial charge in [-0.2, -0.15) is 0 Å². The number of hydrogen-bond acceptors (Lipinski definition) is 4. The standard InChI is InChI=1S/C14H28O4/c1-12(2)8-10(13(3,4)18-12)14(5,15)9-11(16-6)17-7/h10-11,15H,8-9H2,1-7H3. The molecule has 1 N–H and O–H groups in total. The topological polar surface area (TPSA) is 47.9 Å². The minimum absolute atomic E-state index is 0.0489. The monoisotopic (exact) mass is 260 g/mol. The van der Waals surface area contributed by atoms with E-state index in [0.717, 1.165) is 6.42 Å². The number of rotatable bonds is 5. The lowest BCUT2D eigenvalue weighted by atomic mass is 9.74. The number of methoxy groups -OCH3 is 2. The van der Waals surface area contributed by atoms with Crippen LogP contribution in [0.3, 0.4) is 0 Å². The van der Waals surface area contributed by atoms with Crippen LogP contribution in [-0.4, -0.2) is 42.4 Å². The average molecular weight is 260 g/mol. The van der Waals surface area contributed by atoms with Crippen LogP contribution in [0.15, 0.2) is 0 Å². The van der Waals surface area contributed by atoms with Crippen LogP contribution in [0.4, 0.5) is 0 Å². The lowest BCUT2D eigenvalue weighted by Crippen LogP contribution is -2.47. The van der Waals surface area contributed by atoms with Gasteiger partial charge in [0, 0.05) is 26.6 Å². The zero-order valence-electron chi connectivity index (χ0n) is 12.7. The lowest BCUT2D eigenvalue weighted by Gasteiger charge is -2.38. The van der Waals surface area contributed by atoms with Crippen molar-refractivity contribution in [1.82, 2.24) is 0 Å². The first-order valence-corrected chi connectivity index (χ1v) is 6.52. The molecule has 1 aliphatic rings. The fourth-order valence-corrected chi connectivity index (χ4v) is 3.27. The van der Waals surface area contributed by atoms with Gasteiger partial charge in [0.2, 0.25) is 0 Å². The zero-order valence-corrected chi connectivity index (χ0v) is 12.7. The Morgan fingerprint density at radius 3 is 2.11 bits per heavy atom. The van der Waals surface area contributed by atoms with Crippen molar-refractivity contribution in [2.75, 3.05) is 14.2 Å². The highest BCUT2D eigenvalue weighted by Gasteiger charge is 2.53. The Bertz CT molecular complexity index is 280. The molecular formula is C14H28O4. The summed E-state index contributed by atoms with van der Waals surface area (Å²) >= 11 is 0. The summed E-state index contributed by atoms with van der Waals surface area (Å²) in [6.45, 7) is 10.0. The smallest absolute Gasteiger partial charge is 0.159 e. The molecule has 1 aliphatic heterocycles. The molecule has 0 bridgehead atoms. The molecule has 0 amide bonds. The molecule has 2 atom stereocenters. The predicted molar refractivity (Wildman–Crippen MR) is 70.4 cm³/mol.